The predicted molar refractivity (Wildman–Crippen MR) is 101 cm³/mol. The number of nitrogens with zero attached hydrogens (tertiary/aromatic N) is 5. The van der Waals surface area contributed by atoms with Crippen molar-refractivity contribution in [1.29, 1.82) is 0 Å². The summed E-state index contributed by atoms with van der Waals surface area (Å²) >= 11 is 0. The summed E-state index contributed by atoms with van der Waals surface area (Å²) < 4.78 is 1.45. The van der Waals surface area contributed by atoms with Crippen LogP contribution in [0.15, 0.2) is 47.4 Å². The fourth-order valence-corrected chi connectivity index (χ4v) is 3.43. The minimum atomic E-state index is -0.181. The Morgan fingerprint density at radius 1 is 1.04 bits per heavy atom. The van der Waals surface area contributed by atoms with Crippen molar-refractivity contribution in [3.05, 3.63) is 64.2 Å². The van der Waals surface area contributed by atoms with Crippen molar-refractivity contribution in [2.45, 2.75) is 13.8 Å². The number of aromatic amines is 2. The SMILES string of the molecule is Cc1[nH]n2c(=O)cc(-c3ccc4n[nH]nc4c3C)nc2c1-c1ccccn1. The van der Waals surface area contributed by atoms with Crippen LogP contribution in [0, 0.1) is 13.8 Å². The highest BCUT2D eigenvalue weighted by Gasteiger charge is 2.17. The third-order valence-electron chi connectivity index (χ3n) is 4.74. The summed E-state index contributed by atoms with van der Waals surface area (Å²) in [5.74, 6) is 0. The van der Waals surface area contributed by atoms with Crippen LogP contribution < -0.4 is 5.56 Å². The van der Waals surface area contributed by atoms with Crippen molar-refractivity contribution in [1.82, 2.24) is 35.0 Å². The van der Waals surface area contributed by atoms with E-state index in [2.05, 4.69) is 25.5 Å². The molecule has 132 valence electrons. The first-order chi connectivity index (χ1) is 13.1. The summed E-state index contributed by atoms with van der Waals surface area (Å²) in [6.07, 6.45) is 1.73. The molecule has 0 saturated carbocycles. The minimum Gasteiger partial charge on any atom is -0.293 e. The molecule has 8 heteroatoms. The Kier molecular flexibility index (Phi) is 3.20. The molecule has 0 unspecified atom stereocenters. The highest BCUT2D eigenvalue weighted by Crippen LogP contribution is 2.29. The van der Waals surface area contributed by atoms with E-state index >= 15 is 0 Å². The second-order valence-electron chi connectivity index (χ2n) is 6.39. The van der Waals surface area contributed by atoms with E-state index < -0.39 is 0 Å². The van der Waals surface area contributed by atoms with Crippen LogP contribution in [0.5, 0.6) is 0 Å². The molecule has 0 spiro atoms. The number of rotatable bonds is 2. The summed E-state index contributed by atoms with van der Waals surface area (Å²) in [5.41, 5.74) is 6.69. The van der Waals surface area contributed by atoms with Crippen molar-refractivity contribution >= 4 is 16.7 Å². The maximum absolute atomic E-state index is 12.7. The van der Waals surface area contributed by atoms with Crippen LogP contribution in [0.25, 0.3) is 39.2 Å². The van der Waals surface area contributed by atoms with Gasteiger partial charge in [-0.15, -0.1) is 0 Å². The molecule has 0 atom stereocenters. The van der Waals surface area contributed by atoms with Gasteiger partial charge in [0, 0.05) is 23.5 Å². The van der Waals surface area contributed by atoms with Gasteiger partial charge in [0.2, 0.25) is 0 Å². The van der Waals surface area contributed by atoms with E-state index in [0.29, 0.717) is 11.3 Å². The zero-order chi connectivity index (χ0) is 18.5. The molecular weight excluding hydrogens is 342 g/mol. The largest absolute Gasteiger partial charge is 0.293 e. The highest BCUT2D eigenvalue weighted by molar-refractivity contribution is 5.86. The average molecular weight is 357 g/mol. The van der Waals surface area contributed by atoms with Crippen LogP contribution in [0.1, 0.15) is 11.3 Å². The van der Waals surface area contributed by atoms with E-state index in [1.54, 1.807) is 6.20 Å². The fraction of sp³-hybridized carbons (Fsp3) is 0.105. The van der Waals surface area contributed by atoms with Crippen molar-refractivity contribution < 1.29 is 0 Å². The van der Waals surface area contributed by atoms with Gasteiger partial charge in [-0.25, -0.2) is 9.50 Å². The number of fused-ring (bicyclic) bond motifs is 2. The molecule has 0 radical (unpaired) electrons. The third kappa shape index (κ3) is 2.27. The first-order valence-electron chi connectivity index (χ1n) is 8.48. The van der Waals surface area contributed by atoms with Crippen LogP contribution in [-0.2, 0) is 0 Å². The van der Waals surface area contributed by atoms with Crippen LogP contribution in [0.4, 0.5) is 0 Å². The molecule has 27 heavy (non-hydrogen) atoms. The van der Waals surface area contributed by atoms with E-state index in [1.165, 1.54) is 10.6 Å². The molecule has 0 saturated heterocycles. The Morgan fingerprint density at radius 2 is 1.93 bits per heavy atom. The molecule has 0 aliphatic carbocycles. The van der Waals surface area contributed by atoms with Crippen molar-refractivity contribution in [3.8, 4) is 22.5 Å². The molecule has 5 rings (SSSR count). The Labute approximate surface area is 152 Å². The molecule has 4 aromatic heterocycles. The van der Waals surface area contributed by atoms with E-state index in [4.69, 9.17) is 4.98 Å². The van der Waals surface area contributed by atoms with Crippen LogP contribution in [0.2, 0.25) is 0 Å². The van der Waals surface area contributed by atoms with Gasteiger partial charge in [-0.3, -0.25) is 14.9 Å². The van der Waals surface area contributed by atoms with E-state index in [9.17, 15) is 4.79 Å². The molecule has 1 aromatic carbocycles. The van der Waals surface area contributed by atoms with E-state index in [0.717, 1.165) is 39.1 Å². The molecule has 0 aliphatic rings. The van der Waals surface area contributed by atoms with Gasteiger partial charge in [-0.2, -0.15) is 15.4 Å². The Bertz CT molecular complexity index is 1360. The number of aromatic nitrogens is 7. The van der Waals surface area contributed by atoms with Gasteiger partial charge < -0.3 is 0 Å². The summed E-state index contributed by atoms with van der Waals surface area (Å²) in [6.45, 7) is 3.86. The summed E-state index contributed by atoms with van der Waals surface area (Å²) in [5, 5.41) is 14.0. The van der Waals surface area contributed by atoms with Crippen LogP contribution in [0.3, 0.4) is 0 Å². The number of aryl methyl sites for hydroxylation is 2. The van der Waals surface area contributed by atoms with E-state index in [-0.39, 0.29) is 5.56 Å². The number of benzene rings is 1. The lowest BCUT2D eigenvalue weighted by Crippen LogP contribution is -2.14. The highest BCUT2D eigenvalue weighted by atomic mass is 16.1. The van der Waals surface area contributed by atoms with Crippen molar-refractivity contribution in [2.75, 3.05) is 0 Å². The van der Waals surface area contributed by atoms with Crippen LogP contribution in [-0.4, -0.2) is 35.0 Å². The van der Waals surface area contributed by atoms with Crippen molar-refractivity contribution in [2.24, 2.45) is 0 Å². The molecule has 8 nitrogen and oxygen atoms in total. The van der Waals surface area contributed by atoms with Gasteiger partial charge in [-0.1, -0.05) is 12.1 Å². The Morgan fingerprint density at radius 3 is 2.74 bits per heavy atom. The average Bonchev–Trinajstić information content (AvgIpc) is 3.27. The number of hydrogen-bond acceptors (Lipinski definition) is 5. The normalized spacial score (nSPS) is 11.5. The molecule has 0 bridgehead atoms. The van der Waals surface area contributed by atoms with Gasteiger partial charge in [0.05, 0.1) is 17.0 Å². The standard InChI is InChI=1S/C19H15N7O/c1-10-12(6-7-14-18(10)23-25-22-14)15-9-16(27)26-19(21-15)17(11(2)24-26)13-5-3-4-8-20-13/h3-9,24H,1-2H3,(H,22,23,25). The maximum Gasteiger partial charge on any atom is 0.273 e. The topological polar surface area (TPSA) is 105 Å². The van der Waals surface area contributed by atoms with Gasteiger partial charge in [-0.05, 0) is 37.6 Å². The monoisotopic (exact) mass is 357 g/mol. The molecule has 4 heterocycles. The lowest BCUT2D eigenvalue weighted by Gasteiger charge is -2.06. The lowest BCUT2D eigenvalue weighted by molar-refractivity contribution is 0.882. The van der Waals surface area contributed by atoms with Gasteiger partial charge in [0.15, 0.2) is 5.65 Å². The fourth-order valence-electron chi connectivity index (χ4n) is 3.43. The molecule has 5 aromatic rings. The number of H-pyrrole nitrogens is 2. The quantitative estimate of drug-likeness (QED) is 0.505. The zero-order valence-corrected chi connectivity index (χ0v) is 14.7. The summed E-state index contributed by atoms with van der Waals surface area (Å²) in [7, 11) is 0. The molecule has 0 aliphatic heterocycles. The minimum absolute atomic E-state index is 0.181. The number of hydrogen-bond donors (Lipinski definition) is 2. The molecule has 0 fully saturated rings. The summed E-state index contributed by atoms with van der Waals surface area (Å²) in [6, 6.07) is 11.0. The molecular formula is C19H15N7O. The second-order valence-corrected chi connectivity index (χ2v) is 6.39. The summed E-state index contributed by atoms with van der Waals surface area (Å²) in [4.78, 5) is 21.9. The van der Waals surface area contributed by atoms with Gasteiger partial charge in [0.25, 0.3) is 5.56 Å². The second kappa shape index (κ2) is 5.60. The van der Waals surface area contributed by atoms with E-state index in [1.807, 2.05) is 44.2 Å². The zero-order valence-electron chi connectivity index (χ0n) is 14.7. The Hall–Kier alpha value is -3.81. The lowest BCUT2D eigenvalue weighted by atomic mass is 10.0. The number of pyridine rings is 1. The maximum atomic E-state index is 12.7. The van der Waals surface area contributed by atoms with Gasteiger partial charge in [0.1, 0.15) is 11.0 Å². The van der Waals surface area contributed by atoms with Crippen molar-refractivity contribution in [3.63, 3.8) is 0 Å². The van der Waals surface area contributed by atoms with Crippen LogP contribution >= 0.6 is 0 Å². The predicted octanol–water partition coefficient (Wildman–Crippen LogP) is 2.64. The smallest absolute Gasteiger partial charge is 0.273 e. The number of nitrogens with one attached hydrogen (secondary N) is 2. The first kappa shape index (κ1) is 15.4. The molecule has 0 amide bonds. The third-order valence-corrected chi connectivity index (χ3v) is 4.74. The first-order valence-corrected chi connectivity index (χ1v) is 8.48. The van der Waals surface area contributed by atoms with Gasteiger partial charge >= 0.3 is 0 Å². The molecule has 2 N–H and O–H groups in total. The Balaban J connectivity index is 1.82.